The Bertz CT molecular complexity index is 616. The normalized spacial score (nSPS) is 13.0. The van der Waals surface area contributed by atoms with Crippen LogP contribution in [0.15, 0.2) is 24.3 Å². The predicted molar refractivity (Wildman–Crippen MR) is 111 cm³/mol. The number of carbonyl (C=O) groups excluding carboxylic acids is 1. The number of hydrogen-bond acceptors (Lipinski definition) is 5. The maximum absolute atomic E-state index is 12.3. The molecule has 7 heteroatoms. The molecule has 2 unspecified atom stereocenters. The van der Waals surface area contributed by atoms with E-state index in [1.165, 1.54) is 0 Å². The summed E-state index contributed by atoms with van der Waals surface area (Å²) in [4.78, 5) is 25.2. The minimum Gasteiger partial charge on any atom is -0.492 e. The molecule has 0 aliphatic heterocycles. The maximum Gasteiger partial charge on any atom is 0.410 e. The van der Waals surface area contributed by atoms with E-state index in [1.54, 1.807) is 24.0 Å². The molecular weight excluding hydrogens is 374 g/mol. The highest BCUT2D eigenvalue weighted by Crippen LogP contribution is 2.15. The summed E-state index contributed by atoms with van der Waals surface area (Å²) in [6, 6.07) is 7.25. The van der Waals surface area contributed by atoms with Gasteiger partial charge < -0.3 is 24.2 Å². The number of amides is 1. The van der Waals surface area contributed by atoms with Crippen LogP contribution in [0.2, 0.25) is 0 Å². The highest BCUT2D eigenvalue weighted by atomic mass is 16.6. The smallest absolute Gasteiger partial charge is 0.410 e. The fourth-order valence-corrected chi connectivity index (χ4v) is 2.66. The van der Waals surface area contributed by atoms with E-state index < -0.39 is 12.1 Å². The minimum absolute atomic E-state index is 0.114. The topological polar surface area (TPSA) is 85.3 Å². The van der Waals surface area contributed by atoms with Gasteiger partial charge in [0.15, 0.2) is 6.10 Å². The largest absolute Gasteiger partial charge is 0.492 e. The van der Waals surface area contributed by atoms with E-state index in [1.807, 2.05) is 26.0 Å². The Hall–Kier alpha value is -2.28. The van der Waals surface area contributed by atoms with Crippen LogP contribution in [0.4, 0.5) is 4.79 Å². The van der Waals surface area contributed by atoms with Gasteiger partial charge in [0.25, 0.3) is 0 Å². The molecule has 1 amide bonds. The first-order chi connectivity index (χ1) is 13.8. The third-order valence-corrected chi connectivity index (χ3v) is 4.34. The molecule has 0 aliphatic carbocycles. The average Bonchev–Trinajstić information content (AvgIpc) is 2.67. The van der Waals surface area contributed by atoms with Crippen LogP contribution in [0.3, 0.4) is 0 Å². The first-order valence-electron chi connectivity index (χ1n) is 10.3. The van der Waals surface area contributed by atoms with Gasteiger partial charge in [-0.25, -0.2) is 9.59 Å². The number of carboxylic acids is 1. The fraction of sp³-hybridized carbons (Fsp3) is 0.636. The van der Waals surface area contributed by atoms with Crippen LogP contribution < -0.4 is 4.74 Å². The lowest BCUT2D eigenvalue weighted by Gasteiger charge is -2.25. The Morgan fingerprint density at radius 2 is 1.76 bits per heavy atom. The summed E-state index contributed by atoms with van der Waals surface area (Å²) in [6.07, 6.45) is -0.212. The Morgan fingerprint density at radius 3 is 2.28 bits per heavy atom. The number of aliphatic carboxylic acids is 1. The standard InChI is InChI=1S/C22H35NO6/c1-6-17(5)29-22(26)23(15-16(3)4)12-13-28-19-10-8-18(9-11-19)14-20(21(24)25)27-7-2/h8-11,16-17,20H,6-7,12-15H2,1-5H3,(H,24,25). The van der Waals surface area contributed by atoms with E-state index in [9.17, 15) is 14.7 Å². The number of carbonyl (C=O) groups is 2. The van der Waals surface area contributed by atoms with Crippen LogP contribution in [0, 0.1) is 5.92 Å². The molecule has 7 nitrogen and oxygen atoms in total. The van der Waals surface area contributed by atoms with Gasteiger partial charge in [-0.05, 0) is 43.9 Å². The first kappa shape index (κ1) is 24.8. The lowest BCUT2D eigenvalue weighted by atomic mass is 10.1. The Labute approximate surface area is 173 Å². The van der Waals surface area contributed by atoms with E-state index in [4.69, 9.17) is 14.2 Å². The highest BCUT2D eigenvalue weighted by Gasteiger charge is 2.19. The summed E-state index contributed by atoms with van der Waals surface area (Å²) in [6.45, 7) is 11.5. The Morgan fingerprint density at radius 1 is 1.10 bits per heavy atom. The van der Waals surface area contributed by atoms with Crippen LogP contribution in [0.25, 0.3) is 0 Å². The molecule has 0 bridgehead atoms. The molecule has 1 aromatic carbocycles. The molecule has 1 N–H and O–H groups in total. The number of hydrogen-bond donors (Lipinski definition) is 1. The van der Waals surface area contributed by atoms with Crippen molar-refractivity contribution in [2.45, 2.75) is 59.7 Å². The van der Waals surface area contributed by atoms with Gasteiger partial charge >= 0.3 is 12.1 Å². The van der Waals surface area contributed by atoms with Crippen LogP contribution in [-0.4, -0.2) is 60.6 Å². The zero-order valence-corrected chi connectivity index (χ0v) is 18.2. The van der Waals surface area contributed by atoms with Crippen molar-refractivity contribution >= 4 is 12.1 Å². The number of benzene rings is 1. The van der Waals surface area contributed by atoms with Crippen molar-refractivity contribution in [3.05, 3.63) is 29.8 Å². The number of nitrogens with zero attached hydrogens (tertiary/aromatic N) is 1. The summed E-state index contributed by atoms with van der Waals surface area (Å²) in [5, 5.41) is 9.17. The monoisotopic (exact) mass is 409 g/mol. The lowest BCUT2D eigenvalue weighted by Crippen LogP contribution is -2.39. The van der Waals surface area contributed by atoms with Gasteiger partial charge in [-0.15, -0.1) is 0 Å². The second-order valence-corrected chi connectivity index (χ2v) is 7.42. The van der Waals surface area contributed by atoms with E-state index in [0.29, 0.717) is 44.4 Å². The van der Waals surface area contributed by atoms with Gasteiger partial charge in [0.1, 0.15) is 18.5 Å². The molecule has 0 aromatic heterocycles. The molecule has 0 saturated heterocycles. The third kappa shape index (κ3) is 9.65. The van der Waals surface area contributed by atoms with Gasteiger partial charge in [-0.1, -0.05) is 32.9 Å². The molecule has 0 radical (unpaired) electrons. The van der Waals surface area contributed by atoms with Crippen LogP contribution in [0.1, 0.15) is 46.6 Å². The zero-order chi connectivity index (χ0) is 21.8. The fourth-order valence-electron chi connectivity index (χ4n) is 2.66. The summed E-state index contributed by atoms with van der Waals surface area (Å²) in [5.41, 5.74) is 0.858. The Kier molecular flexibility index (Phi) is 11.1. The van der Waals surface area contributed by atoms with Crippen LogP contribution in [-0.2, 0) is 20.7 Å². The van der Waals surface area contributed by atoms with E-state index in [-0.39, 0.29) is 12.2 Å². The summed E-state index contributed by atoms with van der Waals surface area (Å²) >= 11 is 0. The SMILES string of the molecule is CCOC(Cc1ccc(OCCN(CC(C)C)C(=O)OC(C)CC)cc1)C(=O)O. The molecule has 0 aliphatic rings. The van der Waals surface area contributed by atoms with Crippen LogP contribution >= 0.6 is 0 Å². The second-order valence-electron chi connectivity index (χ2n) is 7.42. The van der Waals surface area contributed by atoms with Crippen molar-refractivity contribution in [3.8, 4) is 5.75 Å². The predicted octanol–water partition coefficient (Wildman–Crippen LogP) is 3.99. The molecule has 1 aromatic rings. The molecule has 0 spiro atoms. The number of rotatable bonds is 13. The van der Waals surface area contributed by atoms with Crippen molar-refractivity contribution < 1.29 is 28.9 Å². The quantitative estimate of drug-likeness (QED) is 0.530. The second kappa shape index (κ2) is 13.0. The maximum atomic E-state index is 12.3. The number of ether oxygens (including phenoxy) is 3. The summed E-state index contributed by atoms with van der Waals surface area (Å²) in [5.74, 6) is 0.0183. The van der Waals surface area contributed by atoms with Crippen molar-refractivity contribution in [2.24, 2.45) is 5.92 Å². The number of carboxylic acid groups (broad SMARTS) is 1. The van der Waals surface area contributed by atoms with Gasteiger partial charge in [0.05, 0.1) is 6.54 Å². The van der Waals surface area contributed by atoms with Gasteiger partial charge in [0, 0.05) is 19.6 Å². The molecule has 164 valence electrons. The first-order valence-corrected chi connectivity index (χ1v) is 10.3. The summed E-state index contributed by atoms with van der Waals surface area (Å²) < 4.78 is 16.4. The van der Waals surface area contributed by atoms with Gasteiger partial charge in [0.2, 0.25) is 0 Å². The van der Waals surface area contributed by atoms with Crippen molar-refractivity contribution in [1.29, 1.82) is 0 Å². The average molecular weight is 410 g/mol. The minimum atomic E-state index is -0.971. The third-order valence-electron chi connectivity index (χ3n) is 4.34. The molecule has 0 saturated carbocycles. The van der Waals surface area contributed by atoms with Gasteiger partial charge in [-0.2, -0.15) is 0 Å². The van der Waals surface area contributed by atoms with Crippen molar-refractivity contribution in [2.75, 3.05) is 26.3 Å². The summed E-state index contributed by atoms with van der Waals surface area (Å²) in [7, 11) is 0. The molecule has 0 fully saturated rings. The molecule has 2 atom stereocenters. The van der Waals surface area contributed by atoms with Gasteiger partial charge in [-0.3, -0.25) is 0 Å². The molecule has 0 heterocycles. The van der Waals surface area contributed by atoms with Crippen LogP contribution in [0.5, 0.6) is 5.75 Å². The zero-order valence-electron chi connectivity index (χ0n) is 18.2. The molecular formula is C22H35NO6. The molecule has 29 heavy (non-hydrogen) atoms. The van der Waals surface area contributed by atoms with Crippen molar-refractivity contribution in [3.63, 3.8) is 0 Å². The Balaban J connectivity index is 2.57. The highest BCUT2D eigenvalue weighted by molar-refractivity contribution is 5.72. The lowest BCUT2D eigenvalue weighted by molar-refractivity contribution is -0.149. The molecule has 1 rings (SSSR count). The van der Waals surface area contributed by atoms with E-state index in [0.717, 1.165) is 12.0 Å². The van der Waals surface area contributed by atoms with E-state index in [2.05, 4.69) is 13.8 Å². The van der Waals surface area contributed by atoms with E-state index >= 15 is 0 Å². The van der Waals surface area contributed by atoms with Crippen molar-refractivity contribution in [1.82, 2.24) is 4.90 Å².